The Balaban J connectivity index is 2.00. The molecule has 1 N–H and O–H groups in total. The second-order valence-electron chi connectivity index (χ2n) is 5.25. The summed E-state index contributed by atoms with van der Waals surface area (Å²) in [7, 11) is 2.10. The predicted octanol–water partition coefficient (Wildman–Crippen LogP) is 3.76. The van der Waals surface area contributed by atoms with Crippen molar-refractivity contribution in [2.24, 2.45) is 0 Å². The molecule has 2 heterocycles. The first-order chi connectivity index (χ1) is 10.1. The maximum atomic E-state index is 11.5. The first-order valence-corrected chi connectivity index (χ1v) is 7.86. The lowest BCUT2D eigenvalue weighted by Gasteiger charge is -2.27. The molecular formula is C17H17NO2S. The van der Waals surface area contributed by atoms with E-state index < -0.39 is 5.97 Å². The molecule has 0 amide bonds. The normalized spacial score (nSPS) is 14.9. The molecule has 2 aromatic rings. The molecule has 1 aliphatic rings. The fourth-order valence-corrected chi connectivity index (χ4v) is 3.47. The summed E-state index contributed by atoms with van der Waals surface area (Å²) in [5.41, 5.74) is 3.86. The minimum absolute atomic E-state index is 0.356. The minimum atomic E-state index is -0.882. The number of thiophene rings is 1. The molecule has 0 radical (unpaired) electrons. The van der Waals surface area contributed by atoms with Gasteiger partial charge in [0.1, 0.15) is 0 Å². The van der Waals surface area contributed by atoms with Gasteiger partial charge in [0.05, 0.1) is 5.57 Å². The molecule has 0 fully saturated rings. The van der Waals surface area contributed by atoms with Crippen molar-refractivity contribution in [3.05, 3.63) is 51.7 Å². The molecule has 0 bridgehead atoms. The first kappa shape index (κ1) is 13.9. The Kier molecular flexibility index (Phi) is 3.80. The summed E-state index contributed by atoms with van der Waals surface area (Å²) in [5, 5.41) is 11.3. The lowest BCUT2D eigenvalue weighted by molar-refractivity contribution is -0.130. The highest BCUT2D eigenvalue weighted by Crippen LogP contribution is 2.29. The van der Waals surface area contributed by atoms with Crippen molar-refractivity contribution in [1.29, 1.82) is 0 Å². The number of rotatable bonds is 3. The highest BCUT2D eigenvalue weighted by atomic mass is 32.1. The fourth-order valence-electron chi connectivity index (χ4n) is 2.73. The van der Waals surface area contributed by atoms with Crippen LogP contribution in [0.25, 0.3) is 11.6 Å². The molecular weight excluding hydrogens is 282 g/mol. The van der Waals surface area contributed by atoms with Crippen LogP contribution in [0.5, 0.6) is 0 Å². The van der Waals surface area contributed by atoms with Gasteiger partial charge in [0.25, 0.3) is 0 Å². The Labute approximate surface area is 128 Å². The molecule has 1 aromatic carbocycles. The van der Waals surface area contributed by atoms with Crippen LogP contribution in [0.1, 0.15) is 22.4 Å². The predicted molar refractivity (Wildman–Crippen MR) is 87.9 cm³/mol. The van der Waals surface area contributed by atoms with Crippen LogP contribution in [0.4, 0.5) is 5.69 Å². The fraction of sp³-hybridized carbons (Fsp3) is 0.235. The Morgan fingerprint density at radius 2 is 2.24 bits per heavy atom. The zero-order valence-electron chi connectivity index (χ0n) is 11.9. The van der Waals surface area contributed by atoms with Crippen LogP contribution in [0, 0.1) is 0 Å². The summed E-state index contributed by atoms with van der Waals surface area (Å²) in [6, 6.07) is 9.92. The average molecular weight is 299 g/mol. The van der Waals surface area contributed by atoms with E-state index in [4.69, 9.17) is 0 Å². The van der Waals surface area contributed by atoms with E-state index in [9.17, 15) is 9.90 Å². The third-order valence-corrected chi connectivity index (χ3v) is 4.69. The molecule has 1 aliphatic heterocycles. The van der Waals surface area contributed by atoms with E-state index in [1.54, 1.807) is 6.08 Å². The van der Waals surface area contributed by atoms with Crippen molar-refractivity contribution in [2.75, 3.05) is 18.5 Å². The SMILES string of the molecule is CN1CCCc2cc(C=C(C(=O)O)c3cccs3)ccc21. The van der Waals surface area contributed by atoms with Gasteiger partial charge in [-0.1, -0.05) is 12.1 Å². The number of fused-ring (bicyclic) bond motifs is 1. The largest absolute Gasteiger partial charge is 0.478 e. The van der Waals surface area contributed by atoms with Crippen LogP contribution in [0.2, 0.25) is 0 Å². The summed E-state index contributed by atoms with van der Waals surface area (Å²) in [5.74, 6) is -0.882. The van der Waals surface area contributed by atoms with E-state index >= 15 is 0 Å². The van der Waals surface area contributed by atoms with Gasteiger partial charge >= 0.3 is 5.97 Å². The van der Waals surface area contributed by atoms with Crippen LogP contribution in [-0.2, 0) is 11.2 Å². The lowest BCUT2D eigenvalue weighted by atomic mass is 9.98. The van der Waals surface area contributed by atoms with E-state index in [1.165, 1.54) is 22.6 Å². The maximum absolute atomic E-state index is 11.5. The van der Waals surface area contributed by atoms with Gasteiger partial charge in [-0.25, -0.2) is 4.79 Å². The number of carbonyl (C=O) groups is 1. The number of benzene rings is 1. The van der Waals surface area contributed by atoms with E-state index in [0.717, 1.165) is 29.8 Å². The number of carboxylic acids is 1. The van der Waals surface area contributed by atoms with E-state index in [-0.39, 0.29) is 0 Å². The second kappa shape index (κ2) is 5.74. The van der Waals surface area contributed by atoms with E-state index in [1.807, 2.05) is 23.6 Å². The quantitative estimate of drug-likeness (QED) is 0.877. The molecule has 0 unspecified atom stereocenters. The number of hydrogen-bond acceptors (Lipinski definition) is 3. The average Bonchev–Trinajstić information content (AvgIpc) is 2.98. The molecule has 3 nitrogen and oxygen atoms in total. The smallest absolute Gasteiger partial charge is 0.337 e. The molecule has 1 aromatic heterocycles. The van der Waals surface area contributed by atoms with Crippen molar-refractivity contribution in [3.63, 3.8) is 0 Å². The summed E-state index contributed by atoms with van der Waals surface area (Å²) < 4.78 is 0. The topological polar surface area (TPSA) is 40.5 Å². The Morgan fingerprint density at radius 3 is 2.95 bits per heavy atom. The van der Waals surface area contributed by atoms with Gasteiger partial charge in [0.15, 0.2) is 0 Å². The third kappa shape index (κ3) is 2.85. The Morgan fingerprint density at radius 1 is 1.38 bits per heavy atom. The molecule has 3 rings (SSSR count). The van der Waals surface area contributed by atoms with E-state index in [2.05, 4.69) is 24.1 Å². The van der Waals surface area contributed by atoms with Crippen LogP contribution >= 0.6 is 11.3 Å². The van der Waals surface area contributed by atoms with Gasteiger partial charge in [-0.2, -0.15) is 0 Å². The van der Waals surface area contributed by atoms with Gasteiger partial charge < -0.3 is 10.0 Å². The van der Waals surface area contributed by atoms with Gasteiger partial charge in [0.2, 0.25) is 0 Å². The van der Waals surface area contributed by atoms with Gasteiger partial charge in [-0.15, -0.1) is 11.3 Å². The molecule has 0 atom stereocenters. The zero-order valence-corrected chi connectivity index (χ0v) is 12.7. The van der Waals surface area contributed by atoms with Crippen LogP contribution in [0.3, 0.4) is 0 Å². The summed E-state index contributed by atoms with van der Waals surface area (Å²) in [6.07, 6.45) is 3.97. The number of aliphatic carboxylic acids is 1. The third-order valence-electron chi connectivity index (χ3n) is 3.78. The van der Waals surface area contributed by atoms with Crippen molar-refractivity contribution < 1.29 is 9.90 Å². The number of anilines is 1. The standard InChI is InChI=1S/C17H17NO2S/c1-18-8-2-4-13-10-12(6-7-15(13)18)11-14(17(19)20)16-5-3-9-21-16/h3,5-7,9-11H,2,4,8H2,1H3,(H,19,20). The highest BCUT2D eigenvalue weighted by Gasteiger charge is 2.15. The second-order valence-corrected chi connectivity index (χ2v) is 6.20. The van der Waals surface area contributed by atoms with Crippen molar-refractivity contribution in [2.45, 2.75) is 12.8 Å². The molecule has 0 aliphatic carbocycles. The number of carboxylic acid groups (broad SMARTS) is 1. The van der Waals surface area contributed by atoms with Crippen molar-refractivity contribution >= 4 is 34.6 Å². The maximum Gasteiger partial charge on any atom is 0.337 e. The van der Waals surface area contributed by atoms with Crippen molar-refractivity contribution in [1.82, 2.24) is 0 Å². The first-order valence-electron chi connectivity index (χ1n) is 6.98. The number of aryl methyl sites for hydroxylation is 1. The lowest BCUT2D eigenvalue weighted by Crippen LogP contribution is -2.24. The molecule has 0 saturated heterocycles. The number of nitrogens with zero attached hydrogens (tertiary/aromatic N) is 1. The summed E-state index contributed by atoms with van der Waals surface area (Å²) >= 11 is 1.45. The van der Waals surface area contributed by atoms with Gasteiger partial charge in [-0.3, -0.25) is 0 Å². The Bertz CT molecular complexity index is 689. The molecule has 0 saturated carbocycles. The molecule has 21 heavy (non-hydrogen) atoms. The Hall–Kier alpha value is -2.07. The summed E-state index contributed by atoms with van der Waals surface area (Å²) in [4.78, 5) is 14.5. The van der Waals surface area contributed by atoms with Crippen LogP contribution < -0.4 is 4.90 Å². The minimum Gasteiger partial charge on any atom is -0.478 e. The monoisotopic (exact) mass is 299 g/mol. The van der Waals surface area contributed by atoms with E-state index in [0.29, 0.717) is 5.57 Å². The van der Waals surface area contributed by atoms with Crippen molar-refractivity contribution in [3.8, 4) is 0 Å². The van der Waals surface area contributed by atoms with Crippen LogP contribution in [0.15, 0.2) is 35.7 Å². The molecule has 108 valence electrons. The van der Waals surface area contributed by atoms with Crippen LogP contribution in [-0.4, -0.2) is 24.7 Å². The van der Waals surface area contributed by atoms with Gasteiger partial charge in [-0.05, 0) is 53.6 Å². The molecule has 0 spiro atoms. The highest BCUT2D eigenvalue weighted by molar-refractivity contribution is 7.11. The zero-order chi connectivity index (χ0) is 14.8. The molecule has 4 heteroatoms. The van der Waals surface area contributed by atoms with Gasteiger partial charge in [0, 0.05) is 24.2 Å². The number of hydrogen-bond donors (Lipinski definition) is 1. The summed E-state index contributed by atoms with van der Waals surface area (Å²) in [6.45, 7) is 1.08.